The van der Waals surface area contributed by atoms with Crippen molar-refractivity contribution in [2.75, 3.05) is 0 Å². The molecule has 0 radical (unpaired) electrons. The Hall–Kier alpha value is -4.26. The molecule has 0 fully saturated rings. The summed E-state index contributed by atoms with van der Waals surface area (Å²) in [5, 5.41) is 13.3. The summed E-state index contributed by atoms with van der Waals surface area (Å²) in [6, 6.07) is 23.6. The van der Waals surface area contributed by atoms with Crippen LogP contribution in [0.4, 0.5) is 0 Å². The van der Waals surface area contributed by atoms with Crippen molar-refractivity contribution in [3.8, 4) is 16.8 Å². The van der Waals surface area contributed by atoms with Crippen molar-refractivity contribution < 1.29 is 5.11 Å². The molecule has 0 spiro atoms. The van der Waals surface area contributed by atoms with Crippen LogP contribution in [0.5, 0.6) is 0 Å². The maximum atomic E-state index is 13.4. The fourth-order valence-corrected chi connectivity index (χ4v) is 5.26. The van der Waals surface area contributed by atoms with Crippen LogP contribution in [0.1, 0.15) is 30.5 Å². The van der Waals surface area contributed by atoms with Crippen LogP contribution in [0.2, 0.25) is 0 Å². The van der Waals surface area contributed by atoms with E-state index in [0.29, 0.717) is 17.4 Å². The Morgan fingerprint density at radius 1 is 0.973 bits per heavy atom. The number of nitrogens with one attached hydrogen (secondary N) is 1. The monoisotopic (exact) mass is 488 g/mol. The normalized spacial score (nSPS) is 12.1. The third-order valence-electron chi connectivity index (χ3n) is 7.29. The van der Waals surface area contributed by atoms with Gasteiger partial charge in [0.15, 0.2) is 0 Å². The minimum atomic E-state index is -0.947. The Morgan fingerprint density at radius 3 is 2.57 bits per heavy atom. The number of H-pyrrole nitrogens is 1. The smallest absolute Gasteiger partial charge is 0.265 e. The Bertz CT molecular complexity index is 1890. The topological polar surface area (TPSA) is 96.9 Å². The lowest BCUT2D eigenvalue weighted by Crippen LogP contribution is -2.19. The van der Waals surface area contributed by atoms with Gasteiger partial charge in [0.2, 0.25) is 0 Å². The lowest BCUT2D eigenvalue weighted by Gasteiger charge is -2.17. The molecule has 0 atom stereocenters. The zero-order valence-electron chi connectivity index (χ0n) is 21.0. The number of para-hydroxylation sites is 1. The van der Waals surface area contributed by atoms with E-state index in [1.807, 2.05) is 55.5 Å². The molecule has 0 aliphatic heterocycles. The molecule has 0 aliphatic carbocycles. The van der Waals surface area contributed by atoms with Gasteiger partial charge < -0.3 is 15.8 Å². The van der Waals surface area contributed by atoms with Crippen molar-refractivity contribution >= 4 is 32.7 Å². The number of nitrogens with two attached hydrogens (primary N) is 1. The Balaban J connectivity index is 1.62. The molecule has 2 heterocycles. The number of benzene rings is 4. The molecule has 0 saturated carbocycles. The third-order valence-corrected chi connectivity index (χ3v) is 7.29. The molecule has 4 N–H and O–H groups in total. The molecule has 37 heavy (non-hydrogen) atoms. The van der Waals surface area contributed by atoms with E-state index in [2.05, 4.69) is 34.2 Å². The summed E-state index contributed by atoms with van der Waals surface area (Å²) in [6.45, 7) is 6.01. The fraction of sp³-hybridized carbons (Fsp3) is 0.161. The van der Waals surface area contributed by atoms with E-state index in [4.69, 9.17) is 5.73 Å². The van der Waals surface area contributed by atoms with Crippen LogP contribution < -0.4 is 11.3 Å². The zero-order chi connectivity index (χ0) is 25.9. The molecule has 6 rings (SSSR count). The number of rotatable bonds is 4. The second kappa shape index (κ2) is 8.40. The molecule has 0 amide bonds. The molecule has 6 nitrogen and oxygen atoms in total. The molecule has 6 heteroatoms. The number of aliphatic hydroxyl groups is 1. The molecule has 6 aromatic rings. The van der Waals surface area contributed by atoms with E-state index in [9.17, 15) is 9.90 Å². The highest BCUT2D eigenvalue weighted by molar-refractivity contribution is 6.15. The summed E-state index contributed by atoms with van der Waals surface area (Å²) in [4.78, 5) is 21.4. The Labute approximate surface area is 214 Å². The van der Waals surface area contributed by atoms with Gasteiger partial charge in [-0.25, -0.2) is 4.98 Å². The van der Waals surface area contributed by atoms with Gasteiger partial charge in [0.05, 0.1) is 27.7 Å². The molecule has 0 unspecified atom stereocenters. The largest absolute Gasteiger partial charge is 0.386 e. The van der Waals surface area contributed by atoms with Gasteiger partial charge in [0.25, 0.3) is 5.56 Å². The summed E-state index contributed by atoms with van der Waals surface area (Å²) in [5.74, 6) is 0. The average molecular weight is 489 g/mol. The molecule has 184 valence electrons. The van der Waals surface area contributed by atoms with Gasteiger partial charge >= 0.3 is 0 Å². The SMILES string of the molecule is Cc1c(-c2ccc(CN)c3[nH]c4cc(C(C)(C)O)ccc4c23)cccc1-n1cnc2ccccc2c1=O. The lowest BCUT2D eigenvalue weighted by molar-refractivity contribution is 0.0787. The third kappa shape index (κ3) is 3.65. The first-order chi connectivity index (χ1) is 17.8. The molecule has 2 aromatic heterocycles. The lowest BCUT2D eigenvalue weighted by atomic mass is 9.92. The summed E-state index contributed by atoms with van der Waals surface area (Å²) < 4.78 is 1.62. The average Bonchev–Trinajstić information content (AvgIpc) is 3.28. The molecule has 0 bridgehead atoms. The van der Waals surface area contributed by atoms with Crippen LogP contribution in [-0.2, 0) is 12.1 Å². The van der Waals surface area contributed by atoms with Crippen LogP contribution in [0, 0.1) is 6.92 Å². The predicted octanol–water partition coefficient (Wildman–Crippen LogP) is 5.68. The molecule has 4 aromatic carbocycles. The summed E-state index contributed by atoms with van der Waals surface area (Å²) >= 11 is 0. The van der Waals surface area contributed by atoms with Gasteiger partial charge in [-0.05, 0) is 72.9 Å². The molecule has 0 saturated heterocycles. The minimum absolute atomic E-state index is 0.0966. The van der Waals surface area contributed by atoms with Crippen molar-refractivity contribution in [1.82, 2.24) is 14.5 Å². The minimum Gasteiger partial charge on any atom is -0.386 e. The van der Waals surface area contributed by atoms with E-state index in [-0.39, 0.29) is 5.56 Å². The first-order valence-corrected chi connectivity index (χ1v) is 12.3. The van der Waals surface area contributed by atoms with Crippen LogP contribution in [-0.4, -0.2) is 19.6 Å². The van der Waals surface area contributed by atoms with Crippen LogP contribution in [0.25, 0.3) is 49.5 Å². The van der Waals surface area contributed by atoms with Crippen molar-refractivity contribution in [3.63, 3.8) is 0 Å². The van der Waals surface area contributed by atoms with E-state index >= 15 is 0 Å². The fourth-order valence-electron chi connectivity index (χ4n) is 5.26. The highest BCUT2D eigenvalue weighted by Crippen LogP contribution is 2.39. The zero-order valence-corrected chi connectivity index (χ0v) is 21.0. The summed E-state index contributed by atoms with van der Waals surface area (Å²) in [7, 11) is 0. The van der Waals surface area contributed by atoms with Gasteiger partial charge in [-0.1, -0.05) is 48.5 Å². The second-order valence-corrected chi connectivity index (χ2v) is 10.1. The van der Waals surface area contributed by atoms with Gasteiger partial charge in [0.1, 0.15) is 6.33 Å². The van der Waals surface area contributed by atoms with Crippen LogP contribution in [0.3, 0.4) is 0 Å². The maximum Gasteiger partial charge on any atom is 0.265 e. The van der Waals surface area contributed by atoms with E-state index in [1.165, 1.54) is 0 Å². The van der Waals surface area contributed by atoms with E-state index in [0.717, 1.165) is 55.3 Å². The highest BCUT2D eigenvalue weighted by Gasteiger charge is 2.20. The summed E-state index contributed by atoms with van der Waals surface area (Å²) in [6.07, 6.45) is 1.60. The Morgan fingerprint density at radius 2 is 1.78 bits per heavy atom. The van der Waals surface area contributed by atoms with Gasteiger partial charge in [-0.3, -0.25) is 9.36 Å². The van der Waals surface area contributed by atoms with Crippen molar-refractivity contribution in [2.45, 2.75) is 32.9 Å². The number of nitrogens with zero attached hydrogens (tertiary/aromatic N) is 2. The standard InChI is InChI=1S/C31H28N4O2/c1-18-21(8-6-10-27(18)35-17-33-25-9-5-4-7-24(25)30(35)36)22-13-11-19(16-32)29-28(22)23-14-12-20(31(2,3)37)15-26(23)34-29/h4-15,17,34,37H,16,32H2,1-3H3. The number of hydrogen-bond donors (Lipinski definition) is 3. The number of hydrogen-bond acceptors (Lipinski definition) is 4. The number of fused-ring (bicyclic) bond motifs is 4. The number of aromatic nitrogens is 3. The molecule has 0 aliphatic rings. The maximum absolute atomic E-state index is 13.4. The first kappa shape index (κ1) is 23.2. The molecular formula is C31H28N4O2. The van der Waals surface area contributed by atoms with Crippen molar-refractivity contribution in [2.24, 2.45) is 5.73 Å². The van der Waals surface area contributed by atoms with Crippen molar-refractivity contribution in [3.05, 3.63) is 106 Å². The van der Waals surface area contributed by atoms with Crippen molar-refractivity contribution in [1.29, 1.82) is 0 Å². The van der Waals surface area contributed by atoms with Crippen LogP contribution in [0.15, 0.2) is 83.9 Å². The Kier molecular flexibility index (Phi) is 5.26. The van der Waals surface area contributed by atoms with E-state index in [1.54, 1.807) is 24.7 Å². The number of aromatic amines is 1. The van der Waals surface area contributed by atoms with E-state index < -0.39 is 5.60 Å². The molecular weight excluding hydrogens is 460 g/mol. The quantitative estimate of drug-likeness (QED) is 0.297. The van der Waals surface area contributed by atoms with Gasteiger partial charge in [0, 0.05) is 22.8 Å². The van der Waals surface area contributed by atoms with Gasteiger partial charge in [-0.2, -0.15) is 0 Å². The summed E-state index contributed by atoms with van der Waals surface area (Å²) in [5.41, 5.74) is 13.4. The first-order valence-electron chi connectivity index (χ1n) is 12.3. The highest BCUT2D eigenvalue weighted by atomic mass is 16.3. The van der Waals surface area contributed by atoms with Gasteiger partial charge in [-0.15, -0.1) is 0 Å². The van der Waals surface area contributed by atoms with Crippen LogP contribution >= 0.6 is 0 Å². The second-order valence-electron chi connectivity index (χ2n) is 10.1. The predicted molar refractivity (Wildman–Crippen MR) is 150 cm³/mol.